The first-order valence-electron chi connectivity index (χ1n) is 6.54. The third-order valence-corrected chi connectivity index (χ3v) is 3.07. The zero-order valence-electron chi connectivity index (χ0n) is 12.7. The molecular formula is C15H26N2O2. The summed E-state index contributed by atoms with van der Waals surface area (Å²) in [5.41, 5.74) is 7.00. The van der Waals surface area contributed by atoms with Crippen molar-refractivity contribution in [1.82, 2.24) is 4.90 Å². The van der Waals surface area contributed by atoms with E-state index < -0.39 is 0 Å². The largest absolute Gasteiger partial charge is 0.497 e. The van der Waals surface area contributed by atoms with Gasteiger partial charge in [-0.15, -0.1) is 0 Å². The maximum atomic E-state index is 6.01. The number of benzene rings is 1. The summed E-state index contributed by atoms with van der Waals surface area (Å²) < 4.78 is 10.6. The Kier molecular flexibility index (Phi) is 5.63. The zero-order chi connectivity index (χ0) is 14.5. The molecule has 0 aromatic heterocycles. The van der Waals surface area contributed by atoms with Crippen LogP contribution in [0.3, 0.4) is 0 Å². The molecule has 19 heavy (non-hydrogen) atoms. The minimum Gasteiger partial charge on any atom is -0.497 e. The van der Waals surface area contributed by atoms with Crippen LogP contribution in [-0.2, 0) is 6.54 Å². The maximum absolute atomic E-state index is 6.01. The maximum Gasteiger partial charge on any atom is 0.123 e. The number of ether oxygens (including phenoxy) is 2. The van der Waals surface area contributed by atoms with Gasteiger partial charge in [-0.05, 0) is 52.1 Å². The van der Waals surface area contributed by atoms with Crippen molar-refractivity contribution in [2.45, 2.75) is 32.4 Å². The first kappa shape index (κ1) is 15.8. The summed E-state index contributed by atoms with van der Waals surface area (Å²) in [6.45, 7) is 5.86. The molecule has 108 valence electrons. The standard InChI is InChI=1S/C15H26N2O2/c1-15(2,16)8-9-17(3)11-12-10-13(18-4)6-7-14(12)19-5/h6-7,10H,8-9,11,16H2,1-5H3. The minimum atomic E-state index is -0.132. The fourth-order valence-corrected chi connectivity index (χ4v) is 1.85. The van der Waals surface area contributed by atoms with Gasteiger partial charge in [0.2, 0.25) is 0 Å². The summed E-state index contributed by atoms with van der Waals surface area (Å²) >= 11 is 0. The summed E-state index contributed by atoms with van der Waals surface area (Å²) in [6.07, 6.45) is 0.954. The summed E-state index contributed by atoms with van der Waals surface area (Å²) in [4.78, 5) is 2.24. The van der Waals surface area contributed by atoms with E-state index in [1.807, 2.05) is 32.0 Å². The highest BCUT2D eigenvalue weighted by atomic mass is 16.5. The molecule has 4 heteroatoms. The monoisotopic (exact) mass is 266 g/mol. The summed E-state index contributed by atoms with van der Waals surface area (Å²) in [6, 6.07) is 5.86. The molecule has 0 spiro atoms. The quantitative estimate of drug-likeness (QED) is 0.822. The van der Waals surface area contributed by atoms with Crippen molar-refractivity contribution in [1.29, 1.82) is 0 Å². The molecule has 0 fully saturated rings. The lowest BCUT2D eigenvalue weighted by Gasteiger charge is -2.24. The molecule has 0 aliphatic rings. The lowest BCUT2D eigenvalue weighted by molar-refractivity contribution is 0.283. The minimum absolute atomic E-state index is 0.132. The van der Waals surface area contributed by atoms with E-state index in [-0.39, 0.29) is 5.54 Å². The second-order valence-corrected chi connectivity index (χ2v) is 5.65. The molecule has 1 rings (SSSR count). The van der Waals surface area contributed by atoms with Crippen LogP contribution in [0.1, 0.15) is 25.8 Å². The van der Waals surface area contributed by atoms with Gasteiger partial charge in [-0.1, -0.05) is 0 Å². The Balaban J connectivity index is 2.69. The Morgan fingerprint density at radius 2 is 1.89 bits per heavy atom. The molecule has 1 aromatic rings. The van der Waals surface area contributed by atoms with E-state index in [9.17, 15) is 0 Å². The van der Waals surface area contributed by atoms with Crippen LogP contribution in [0.15, 0.2) is 18.2 Å². The molecule has 0 saturated carbocycles. The van der Waals surface area contributed by atoms with E-state index in [0.717, 1.165) is 36.6 Å². The first-order valence-corrected chi connectivity index (χ1v) is 6.54. The molecule has 0 bridgehead atoms. The molecule has 0 atom stereocenters. The molecule has 0 radical (unpaired) electrons. The van der Waals surface area contributed by atoms with Crippen molar-refractivity contribution in [2.75, 3.05) is 27.8 Å². The van der Waals surface area contributed by atoms with Crippen LogP contribution in [0.5, 0.6) is 11.5 Å². The van der Waals surface area contributed by atoms with Gasteiger partial charge in [0.25, 0.3) is 0 Å². The van der Waals surface area contributed by atoms with Gasteiger partial charge in [0.15, 0.2) is 0 Å². The Hall–Kier alpha value is -1.26. The van der Waals surface area contributed by atoms with Crippen LogP contribution in [0, 0.1) is 0 Å². The van der Waals surface area contributed by atoms with Crippen LogP contribution >= 0.6 is 0 Å². The molecule has 0 saturated heterocycles. The zero-order valence-corrected chi connectivity index (χ0v) is 12.7. The predicted octanol–water partition coefficient (Wildman–Crippen LogP) is 2.26. The van der Waals surface area contributed by atoms with Crippen molar-refractivity contribution >= 4 is 0 Å². The van der Waals surface area contributed by atoms with Gasteiger partial charge in [-0.25, -0.2) is 0 Å². The number of hydrogen-bond donors (Lipinski definition) is 1. The van der Waals surface area contributed by atoms with Crippen LogP contribution in [0.2, 0.25) is 0 Å². The highest BCUT2D eigenvalue weighted by molar-refractivity contribution is 5.40. The Morgan fingerprint density at radius 3 is 2.42 bits per heavy atom. The molecule has 0 aliphatic heterocycles. The molecule has 0 amide bonds. The van der Waals surface area contributed by atoms with E-state index in [1.54, 1.807) is 14.2 Å². The van der Waals surface area contributed by atoms with Crippen LogP contribution in [-0.4, -0.2) is 38.3 Å². The Bertz CT molecular complexity index is 400. The van der Waals surface area contributed by atoms with Crippen molar-refractivity contribution in [2.24, 2.45) is 5.73 Å². The highest BCUT2D eigenvalue weighted by Gasteiger charge is 2.13. The third-order valence-electron chi connectivity index (χ3n) is 3.07. The molecular weight excluding hydrogens is 240 g/mol. The van der Waals surface area contributed by atoms with Gasteiger partial charge in [0.1, 0.15) is 11.5 Å². The highest BCUT2D eigenvalue weighted by Crippen LogP contribution is 2.25. The van der Waals surface area contributed by atoms with Gasteiger partial charge >= 0.3 is 0 Å². The molecule has 1 aromatic carbocycles. The van der Waals surface area contributed by atoms with Crippen molar-refractivity contribution in [3.05, 3.63) is 23.8 Å². The van der Waals surface area contributed by atoms with E-state index in [2.05, 4.69) is 11.9 Å². The average Bonchev–Trinajstić information content (AvgIpc) is 2.35. The van der Waals surface area contributed by atoms with Gasteiger partial charge in [-0.3, -0.25) is 0 Å². The number of hydrogen-bond acceptors (Lipinski definition) is 4. The fourth-order valence-electron chi connectivity index (χ4n) is 1.85. The molecule has 4 nitrogen and oxygen atoms in total. The average molecular weight is 266 g/mol. The summed E-state index contributed by atoms with van der Waals surface area (Å²) in [7, 11) is 5.45. The van der Waals surface area contributed by atoms with E-state index in [4.69, 9.17) is 15.2 Å². The first-order chi connectivity index (χ1) is 8.85. The topological polar surface area (TPSA) is 47.7 Å². The smallest absolute Gasteiger partial charge is 0.123 e. The summed E-state index contributed by atoms with van der Waals surface area (Å²) in [5, 5.41) is 0. The number of nitrogens with two attached hydrogens (primary N) is 1. The fraction of sp³-hybridized carbons (Fsp3) is 0.600. The molecule has 0 heterocycles. The van der Waals surface area contributed by atoms with Crippen LogP contribution in [0.25, 0.3) is 0 Å². The Labute approximate surface area is 116 Å². The van der Waals surface area contributed by atoms with Gasteiger partial charge in [-0.2, -0.15) is 0 Å². The predicted molar refractivity (Wildman–Crippen MR) is 78.8 cm³/mol. The lowest BCUT2D eigenvalue weighted by atomic mass is 10.0. The van der Waals surface area contributed by atoms with E-state index in [0.29, 0.717) is 0 Å². The van der Waals surface area contributed by atoms with Crippen molar-refractivity contribution in [3.8, 4) is 11.5 Å². The number of rotatable bonds is 7. The van der Waals surface area contributed by atoms with Crippen LogP contribution in [0.4, 0.5) is 0 Å². The van der Waals surface area contributed by atoms with Gasteiger partial charge in [0, 0.05) is 17.6 Å². The summed E-state index contributed by atoms with van der Waals surface area (Å²) in [5.74, 6) is 1.74. The van der Waals surface area contributed by atoms with Crippen LogP contribution < -0.4 is 15.2 Å². The molecule has 2 N–H and O–H groups in total. The second kappa shape index (κ2) is 6.78. The normalized spacial score (nSPS) is 11.7. The van der Waals surface area contributed by atoms with Gasteiger partial charge in [0.05, 0.1) is 14.2 Å². The van der Waals surface area contributed by atoms with Crippen molar-refractivity contribution in [3.63, 3.8) is 0 Å². The molecule has 0 unspecified atom stereocenters. The Morgan fingerprint density at radius 1 is 1.21 bits per heavy atom. The molecule has 0 aliphatic carbocycles. The number of methoxy groups -OCH3 is 2. The number of nitrogens with zero attached hydrogens (tertiary/aromatic N) is 1. The van der Waals surface area contributed by atoms with Crippen molar-refractivity contribution < 1.29 is 9.47 Å². The third kappa shape index (κ3) is 5.49. The lowest BCUT2D eigenvalue weighted by Crippen LogP contribution is -2.36. The van der Waals surface area contributed by atoms with Gasteiger partial charge < -0.3 is 20.1 Å². The second-order valence-electron chi connectivity index (χ2n) is 5.65. The van der Waals surface area contributed by atoms with E-state index >= 15 is 0 Å². The van der Waals surface area contributed by atoms with E-state index in [1.165, 1.54) is 0 Å². The SMILES string of the molecule is COc1ccc(OC)c(CN(C)CCC(C)(C)N)c1.